The van der Waals surface area contributed by atoms with Crippen molar-refractivity contribution in [2.75, 3.05) is 6.61 Å². The Balaban J connectivity index is 1.65. The summed E-state index contributed by atoms with van der Waals surface area (Å²) < 4.78 is 6.02. The standard InChI is InChI=1S/C27H40N4O7S/c1-14(2)20-17(24(31-30-20)38-25-23(36)22(35)21(34)18(13-32)39-25)12-16-10-8-15(9-11-16)6-5-7-19(33)29-27(3,4)26(28)37/h8-11,14,18,21-23,25,32,34-36H,5-7,12-13H2,1-4H3,(H2,28,37)(H,29,33)(H,30,31)/t18-,21-,22+,23-,25-/m1/s1. The van der Waals surface area contributed by atoms with E-state index in [4.69, 9.17) is 10.5 Å². The van der Waals surface area contributed by atoms with Gasteiger partial charge >= 0.3 is 0 Å². The number of nitrogens with one attached hydrogen (secondary N) is 2. The number of H-pyrrole nitrogens is 1. The number of rotatable bonds is 12. The lowest BCUT2D eigenvalue weighted by Gasteiger charge is -2.38. The molecule has 5 atom stereocenters. The number of aromatic amines is 1. The van der Waals surface area contributed by atoms with Gasteiger partial charge in [-0.2, -0.15) is 0 Å². The molecule has 11 nitrogen and oxygen atoms in total. The van der Waals surface area contributed by atoms with Crippen LogP contribution in [0.3, 0.4) is 0 Å². The van der Waals surface area contributed by atoms with Gasteiger partial charge in [-0.1, -0.05) is 38.1 Å². The number of aliphatic hydroxyl groups excluding tert-OH is 4. The van der Waals surface area contributed by atoms with Crippen LogP contribution in [0.5, 0.6) is 5.88 Å². The number of hydrogen-bond acceptors (Lipinski definition) is 9. The molecule has 8 N–H and O–H groups in total. The molecule has 216 valence electrons. The average Bonchev–Trinajstić information content (AvgIpc) is 3.27. The van der Waals surface area contributed by atoms with Gasteiger partial charge in [-0.25, -0.2) is 0 Å². The number of aryl methyl sites for hydroxylation is 1. The van der Waals surface area contributed by atoms with Gasteiger partial charge in [-0.3, -0.25) is 14.7 Å². The first kappa shape index (κ1) is 30.9. The number of aromatic nitrogens is 2. The van der Waals surface area contributed by atoms with Gasteiger partial charge in [0.2, 0.25) is 17.7 Å². The number of thioether (sulfide) groups is 1. The highest BCUT2D eigenvalue weighted by atomic mass is 32.2. The minimum atomic E-state index is -1.45. The minimum Gasteiger partial charge on any atom is -0.459 e. The van der Waals surface area contributed by atoms with Crippen molar-refractivity contribution in [3.05, 3.63) is 46.6 Å². The van der Waals surface area contributed by atoms with E-state index in [-0.39, 0.29) is 24.9 Å². The van der Waals surface area contributed by atoms with Gasteiger partial charge in [0.15, 0.2) is 5.44 Å². The van der Waals surface area contributed by atoms with E-state index < -0.39 is 40.4 Å². The number of aliphatic hydroxyl groups is 4. The van der Waals surface area contributed by atoms with Gasteiger partial charge in [-0.05, 0) is 43.7 Å². The summed E-state index contributed by atoms with van der Waals surface area (Å²) in [5.41, 5.74) is 7.08. The van der Waals surface area contributed by atoms with Crippen LogP contribution >= 0.6 is 11.8 Å². The monoisotopic (exact) mass is 564 g/mol. The van der Waals surface area contributed by atoms with Crippen LogP contribution in [0.2, 0.25) is 0 Å². The maximum atomic E-state index is 12.1. The van der Waals surface area contributed by atoms with Crippen LogP contribution in [0.4, 0.5) is 0 Å². The van der Waals surface area contributed by atoms with E-state index in [9.17, 15) is 30.0 Å². The molecule has 0 saturated carbocycles. The molecular formula is C27H40N4O7S. The quantitative estimate of drug-likeness (QED) is 0.195. The van der Waals surface area contributed by atoms with Gasteiger partial charge in [0.05, 0.1) is 18.0 Å². The van der Waals surface area contributed by atoms with E-state index in [2.05, 4.69) is 15.5 Å². The van der Waals surface area contributed by atoms with Crippen molar-refractivity contribution in [2.45, 2.75) is 93.8 Å². The molecule has 1 aliphatic rings. The predicted molar refractivity (Wildman–Crippen MR) is 147 cm³/mol. The number of amides is 2. The van der Waals surface area contributed by atoms with Gasteiger partial charge in [-0.15, -0.1) is 16.9 Å². The van der Waals surface area contributed by atoms with Crippen molar-refractivity contribution in [2.24, 2.45) is 5.73 Å². The highest BCUT2D eigenvalue weighted by Gasteiger charge is 2.45. The van der Waals surface area contributed by atoms with Crippen LogP contribution in [0, 0.1) is 0 Å². The Morgan fingerprint density at radius 1 is 1.13 bits per heavy atom. The highest BCUT2D eigenvalue weighted by Crippen LogP contribution is 2.36. The van der Waals surface area contributed by atoms with E-state index >= 15 is 0 Å². The Morgan fingerprint density at radius 2 is 1.77 bits per heavy atom. The zero-order chi connectivity index (χ0) is 28.9. The van der Waals surface area contributed by atoms with E-state index in [0.717, 1.165) is 34.1 Å². The zero-order valence-corrected chi connectivity index (χ0v) is 23.6. The number of carbonyl (C=O) groups is 2. The van der Waals surface area contributed by atoms with Crippen LogP contribution < -0.4 is 15.8 Å². The van der Waals surface area contributed by atoms with Gasteiger partial charge in [0.1, 0.15) is 17.7 Å². The van der Waals surface area contributed by atoms with Crippen molar-refractivity contribution in [3.8, 4) is 5.88 Å². The SMILES string of the molecule is CC(C)c1[nH]nc(O[C@@H]2S[C@H](CO)[C@@H](O)[C@H](O)[C@H]2O)c1Cc1ccc(CCCC(=O)NC(C)(C)C(N)=O)cc1. The molecule has 1 aromatic heterocycles. The van der Waals surface area contributed by atoms with Gasteiger partial charge < -0.3 is 36.2 Å². The molecule has 2 aromatic rings. The molecule has 0 aliphatic carbocycles. The van der Waals surface area contributed by atoms with Crippen LogP contribution in [-0.4, -0.2) is 83.6 Å². The molecule has 2 amide bonds. The Hall–Kier alpha value is -2.64. The predicted octanol–water partition coefficient (Wildman–Crippen LogP) is 0.722. The summed E-state index contributed by atoms with van der Waals surface area (Å²) in [6.45, 7) is 6.82. The van der Waals surface area contributed by atoms with Crippen molar-refractivity contribution < 1.29 is 34.8 Å². The van der Waals surface area contributed by atoms with Crippen LogP contribution in [-0.2, 0) is 22.4 Å². The fraction of sp³-hybridized carbons (Fsp3) is 0.593. The van der Waals surface area contributed by atoms with Crippen molar-refractivity contribution in [1.29, 1.82) is 0 Å². The lowest BCUT2D eigenvalue weighted by molar-refractivity contribution is -0.130. The Bertz CT molecular complexity index is 1120. The van der Waals surface area contributed by atoms with Gasteiger partial charge in [0.25, 0.3) is 0 Å². The molecule has 2 heterocycles. The third-order valence-electron chi connectivity index (χ3n) is 6.86. The molecule has 0 spiro atoms. The van der Waals surface area contributed by atoms with E-state index in [1.54, 1.807) is 13.8 Å². The number of benzene rings is 1. The summed E-state index contributed by atoms with van der Waals surface area (Å²) in [6.07, 6.45) is -1.98. The van der Waals surface area contributed by atoms with Crippen molar-refractivity contribution >= 4 is 23.6 Å². The summed E-state index contributed by atoms with van der Waals surface area (Å²) in [5.74, 6) is -0.392. The van der Waals surface area contributed by atoms with Crippen molar-refractivity contribution in [3.63, 3.8) is 0 Å². The normalized spacial score (nSPS) is 23.6. The summed E-state index contributed by atoms with van der Waals surface area (Å²) in [7, 11) is 0. The number of hydrogen-bond donors (Lipinski definition) is 7. The third kappa shape index (κ3) is 7.73. The molecule has 12 heteroatoms. The van der Waals surface area contributed by atoms with Gasteiger partial charge in [0, 0.05) is 24.1 Å². The summed E-state index contributed by atoms with van der Waals surface area (Å²) in [4.78, 5) is 23.5. The molecule has 1 aliphatic heterocycles. The number of nitrogens with two attached hydrogens (primary N) is 1. The first-order valence-corrected chi connectivity index (χ1v) is 14.0. The molecule has 1 fully saturated rings. The fourth-order valence-corrected chi connectivity index (χ4v) is 5.56. The van der Waals surface area contributed by atoms with E-state index in [1.807, 2.05) is 38.1 Å². The smallest absolute Gasteiger partial charge is 0.242 e. The second-order valence-electron chi connectivity index (χ2n) is 10.8. The number of carbonyl (C=O) groups excluding carboxylic acids is 2. The number of primary amides is 1. The summed E-state index contributed by atoms with van der Waals surface area (Å²) in [6, 6.07) is 8.00. The second-order valence-corrected chi connectivity index (χ2v) is 12.1. The molecule has 0 bridgehead atoms. The van der Waals surface area contributed by atoms with Crippen LogP contribution in [0.15, 0.2) is 24.3 Å². The topological polar surface area (TPSA) is 191 Å². The molecule has 0 unspecified atom stereocenters. The lowest BCUT2D eigenvalue weighted by Crippen LogP contribution is -2.55. The molecule has 39 heavy (non-hydrogen) atoms. The van der Waals surface area contributed by atoms with Crippen LogP contribution in [0.25, 0.3) is 0 Å². The first-order valence-electron chi connectivity index (χ1n) is 13.1. The third-order valence-corrected chi connectivity index (χ3v) is 8.28. The molecule has 1 aromatic carbocycles. The average molecular weight is 565 g/mol. The fourth-order valence-electron chi connectivity index (χ4n) is 4.34. The lowest BCUT2D eigenvalue weighted by atomic mass is 9.98. The Labute approximate surface area is 232 Å². The molecule has 0 radical (unpaired) electrons. The Kier molecular flexibility index (Phi) is 10.4. The number of ether oxygens (including phenoxy) is 1. The first-order chi connectivity index (χ1) is 18.3. The minimum absolute atomic E-state index is 0.122. The highest BCUT2D eigenvalue weighted by molar-refractivity contribution is 8.00. The maximum Gasteiger partial charge on any atom is 0.242 e. The van der Waals surface area contributed by atoms with E-state index in [0.29, 0.717) is 25.1 Å². The largest absolute Gasteiger partial charge is 0.459 e. The molecular weight excluding hydrogens is 524 g/mol. The maximum absolute atomic E-state index is 12.1. The Morgan fingerprint density at radius 3 is 2.36 bits per heavy atom. The summed E-state index contributed by atoms with van der Waals surface area (Å²) >= 11 is 1.06. The second kappa shape index (κ2) is 13.1. The molecule has 1 saturated heterocycles. The summed E-state index contributed by atoms with van der Waals surface area (Å²) in [5, 5.41) is 49.6. The number of nitrogens with zero attached hydrogens (tertiary/aromatic N) is 1. The van der Waals surface area contributed by atoms with Crippen molar-refractivity contribution in [1.82, 2.24) is 15.5 Å². The molecule has 3 rings (SSSR count). The zero-order valence-electron chi connectivity index (χ0n) is 22.8. The van der Waals surface area contributed by atoms with E-state index in [1.165, 1.54) is 0 Å². The van der Waals surface area contributed by atoms with Crippen LogP contribution in [0.1, 0.15) is 68.8 Å².